The van der Waals surface area contributed by atoms with Crippen LogP contribution in [-0.4, -0.2) is 52.3 Å². The molecule has 0 aromatic rings. The summed E-state index contributed by atoms with van der Waals surface area (Å²) in [6.45, 7) is 5.02. The van der Waals surface area contributed by atoms with Gasteiger partial charge in [0.25, 0.3) is 0 Å². The molecule has 1 aliphatic heterocycles. The lowest BCUT2D eigenvalue weighted by atomic mass is 10.00. The number of urea groups is 1. The number of aliphatic carboxylic acids is 1. The SMILES string of the molecule is CC(C)C[C@@H](NC(=O)N1CC2CCC(O)C2C1)C(=O)O. The lowest BCUT2D eigenvalue weighted by molar-refractivity contribution is -0.139. The zero-order valence-electron chi connectivity index (χ0n) is 12.1. The van der Waals surface area contributed by atoms with Crippen LogP contribution in [-0.2, 0) is 4.79 Å². The fourth-order valence-electron chi connectivity index (χ4n) is 3.34. The minimum atomic E-state index is -0.994. The number of fused-ring (bicyclic) bond motifs is 1. The number of carbonyl (C=O) groups is 2. The average Bonchev–Trinajstić information content (AvgIpc) is 2.90. The summed E-state index contributed by atoms with van der Waals surface area (Å²) in [6.07, 6.45) is 1.87. The molecule has 20 heavy (non-hydrogen) atoms. The van der Waals surface area contributed by atoms with Crippen molar-refractivity contribution in [1.29, 1.82) is 0 Å². The van der Waals surface area contributed by atoms with Crippen LogP contribution in [0.25, 0.3) is 0 Å². The highest BCUT2D eigenvalue weighted by molar-refractivity contribution is 5.82. The second kappa shape index (κ2) is 5.99. The van der Waals surface area contributed by atoms with Crippen molar-refractivity contribution in [2.75, 3.05) is 13.1 Å². The van der Waals surface area contributed by atoms with Crippen LogP contribution in [0.5, 0.6) is 0 Å². The third-order valence-corrected chi connectivity index (χ3v) is 4.41. The van der Waals surface area contributed by atoms with Crippen LogP contribution < -0.4 is 5.32 Å². The van der Waals surface area contributed by atoms with E-state index in [-0.39, 0.29) is 24.0 Å². The van der Waals surface area contributed by atoms with E-state index >= 15 is 0 Å². The molecule has 0 aromatic heterocycles. The molecule has 2 aliphatic rings. The fourth-order valence-corrected chi connectivity index (χ4v) is 3.34. The number of nitrogens with one attached hydrogen (secondary N) is 1. The van der Waals surface area contributed by atoms with Gasteiger partial charge < -0.3 is 20.4 Å². The number of rotatable bonds is 4. The van der Waals surface area contributed by atoms with E-state index in [1.54, 1.807) is 4.90 Å². The molecule has 3 N–H and O–H groups in total. The Kier molecular flexibility index (Phi) is 4.52. The first-order valence-corrected chi connectivity index (χ1v) is 7.34. The minimum absolute atomic E-state index is 0.161. The van der Waals surface area contributed by atoms with Crippen molar-refractivity contribution in [1.82, 2.24) is 10.2 Å². The molecule has 1 aliphatic carbocycles. The van der Waals surface area contributed by atoms with E-state index in [1.807, 2.05) is 13.8 Å². The maximum absolute atomic E-state index is 12.1. The first-order chi connectivity index (χ1) is 9.38. The van der Waals surface area contributed by atoms with Crippen molar-refractivity contribution in [3.8, 4) is 0 Å². The van der Waals surface area contributed by atoms with Gasteiger partial charge in [0.2, 0.25) is 0 Å². The lowest BCUT2D eigenvalue weighted by Crippen LogP contribution is -2.48. The minimum Gasteiger partial charge on any atom is -0.480 e. The van der Waals surface area contributed by atoms with Crippen LogP contribution in [0.15, 0.2) is 0 Å². The van der Waals surface area contributed by atoms with Gasteiger partial charge in [0.15, 0.2) is 0 Å². The van der Waals surface area contributed by atoms with Gasteiger partial charge in [-0.1, -0.05) is 13.8 Å². The normalized spacial score (nSPS) is 30.4. The lowest BCUT2D eigenvalue weighted by Gasteiger charge is -2.23. The molecule has 0 radical (unpaired) electrons. The summed E-state index contributed by atoms with van der Waals surface area (Å²) in [5.74, 6) is -0.263. The standard InChI is InChI=1S/C14H24N2O4/c1-8(2)5-11(13(18)19)15-14(20)16-6-9-3-4-12(17)10(9)7-16/h8-12,17H,3-7H2,1-2H3,(H,15,20)(H,18,19)/t9?,10?,11-,12?/m1/s1. The number of aliphatic hydroxyl groups excluding tert-OH is 1. The van der Waals surface area contributed by atoms with Gasteiger partial charge in [-0.3, -0.25) is 0 Å². The molecule has 2 rings (SSSR count). The van der Waals surface area contributed by atoms with E-state index in [4.69, 9.17) is 5.11 Å². The molecule has 114 valence electrons. The Balaban J connectivity index is 1.90. The van der Waals surface area contributed by atoms with E-state index in [1.165, 1.54) is 0 Å². The topological polar surface area (TPSA) is 89.9 Å². The Labute approximate surface area is 119 Å². The van der Waals surface area contributed by atoms with Gasteiger partial charge in [0.05, 0.1) is 6.10 Å². The predicted molar refractivity (Wildman–Crippen MR) is 73.2 cm³/mol. The van der Waals surface area contributed by atoms with Crippen LogP contribution in [0.4, 0.5) is 4.79 Å². The summed E-state index contributed by atoms with van der Waals surface area (Å²) in [5, 5.41) is 21.6. The Hall–Kier alpha value is -1.30. The second-order valence-corrected chi connectivity index (χ2v) is 6.44. The highest BCUT2D eigenvalue weighted by Gasteiger charge is 2.43. The molecule has 1 heterocycles. The van der Waals surface area contributed by atoms with E-state index in [2.05, 4.69) is 5.32 Å². The van der Waals surface area contributed by atoms with Crippen LogP contribution >= 0.6 is 0 Å². The Morgan fingerprint density at radius 2 is 2.00 bits per heavy atom. The molecular formula is C14H24N2O4. The number of hydrogen-bond donors (Lipinski definition) is 3. The zero-order valence-corrected chi connectivity index (χ0v) is 12.1. The molecule has 2 fully saturated rings. The highest BCUT2D eigenvalue weighted by Crippen LogP contribution is 2.37. The summed E-state index contributed by atoms with van der Waals surface area (Å²) in [6, 6.07) is -1.16. The van der Waals surface area contributed by atoms with Gasteiger partial charge in [0.1, 0.15) is 6.04 Å². The number of amides is 2. The first-order valence-electron chi connectivity index (χ1n) is 7.34. The van der Waals surface area contributed by atoms with Gasteiger partial charge in [-0.15, -0.1) is 0 Å². The number of carbonyl (C=O) groups excluding carboxylic acids is 1. The number of carboxylic acid groups (broad SMARTS) is 1. The van der Waals surface area contributed by atoms with Gasteiger partial charge in [-0.2, -0.15) is 0 Å². The van der Waals surface area contributed by atoms with Gasteiger partial charge >= 0.3 is 12.0 Å². The van der Waals surface area contributed by atoms with E-state index in [0.29, 0.717) is 25.4 Å². The maximum Gasteiger partial charge on any atom is 0.326 e. The fraction of sp³-hybridized carbons (Fsp3) is 0.857. The van der Waals surface area contributed by atoms with Crippen LogP contribution in [0.1, 0.15) is 33.1 Å². The van der Waals surface area contributed by atoms with E-state index < -0.39 is 12.0 Å². The molecule has 0 spiro atoms. The Bertz CT molecular complexity index is 385. The van der Waals surface area contributed by atoms with Gasteiger partial charge in [0, 0.05) is 19.0 Å². The summed E-state index contributed by atoms with van der Waals surface area (Å²) in [7, 11) is 0. The molecule has 6 nitrogen and oxygen atoms in total. The highest BCUT2D eigenvalue weighted by atomic mass is 16.4. The average molecular weight is 284 g/mol. The Morgan fingerprint density at radius 3 is 2.55 bits per heavy atom. The van der Waals surface area contributed by atoms with Crippen LogP contribution in [0, 0.1) is 17.8 Å². The van der Waals surface area contributed by atoms with Crippen molar-refractivity contribution in [3.05, 3.63) is 0 Å². The van der Waals surface area contributed by atoms with Crippen molar-refractivity contribution in [3.63, 3.8) is 0 Å². The first kappa shape index (κ1) is 15.1. The number of aliphatic hydroxyl groups is 1. The second-order valence-electron chi connectivity index (χ2n) is 6.44. The van der Waals surface area contributed by atoms with Gasteiger partial charge in [-0.25, -0.2) is 9.59 Å². The van der Waals surface area contributed by atoms with Crippen molar-refractivity contribution >= 4 is 12.0 Å². The number of nitrogens with zero attached hydrogens (tertiary/aromatic N) is 1. The van der Waals surface area contributed by atoms with Gasteiger partial charge in [-0.05, 0) is 31.1 Å². The zero-order chi connectivity index (χ0) is 14.9. The Morgan fingerprint density at radius 1 is 1.30 bits per heavy atom. The molecule has 1 saturated heterocycles. The summed E-state index contributed by atoms with van der Waals surface area (Å²) < 4.78 is 0. The summed E-state index contributed by atoms with van der Waals surface area (Å²) in [5.41, 5.74) is 0. The molecule has 6 heteroatoms. The maximum atomic E-state index is 12.1. The van der Waals surface area contributed by atoms with Crippen LogP contribution in [0.3, 0.4) is 0 Å². The number of hydrogen-bond acceptors (Lipinski definition) is 3. The molecule has 0 bridgehead atoms. The number of likely N-dealkylation sites (tertiary alicyclic amines) is 1. The smallest absolute Gasteiger partial charge is 0.326 e. The van der Waals surface area contributed by atoms with Crippen molar-refractivity contribution in [2.24, 2.45) is 17.8 Å². The van der Waals surface area contributed by atoms with E-state index in [9.17, 15) is 14.7 Å². The molecule has 2 amide bonds. The summed E-state index contributed by atoms with van der Waals surface area (Å²) >= 11 is 0. The molecule has 4 atom stereocenters. The molecule has 3 unspecified atom stereocenters. The summed E-state index contributed by atoms with van der Waals surface area (Å²) in [4.78, 5) is 25.0. The molecular weight excluding hydrogens is 260 g/mol. The third kappa shape index (κ3) is 3.23. The third-order valence-electron chi connectivity index (χ3n) is 4.41. The predicted octanol–water partition coefficient (Wildman–Crippen LogP) is 0.898. The quantitative estimate of drug-likeness (QED) is 0.715. The largest absolute Gasteiger partial charge is 0.480 e. The van der Waals surface area contributed by atoms with E-state index in [0.717, 1.165) is 12.8 Å². The molecule has 1 saturated carbocycles. The van der Waals surface area contributed by atoms with Crippen LogP contribution in [0.2, 0.25) is 0 Å². The monoisotopic (exact) mass is 284 g/mol. The molecule has 0 aromatic carbocycles. The number of carboxylic acids is 1. The van der Waals surface area contributed by atoms with Crippen molar-refractivity contribution in [2.45, 2.75) is 45.3 Å². The van der Waals surface area contributed by atoms with Crippen molar-refractivity contribution < 1.29 is 19.8 Å².